The van der Waals surface area contributed by atoms with Crippen molar-refractivity contribution < 1.29 is 0 Å². The lowest BCUT2D eigenvalue weighted by molar-refractivity contribution is 0.632. The first-order valence-corrected chi connectivity index (χ1v) is 10.0. The summed E-state index contributed by atoms with van der Waals surface area (Å²) in [5.41, 5.74) is 8.25. The molecule has 0 N–H and O–H groups in total. The highest BCUT2D eigenvalue weighted by Gasteiger charge is 2.36. The smallest absolute Gasteiger partial charge is 0.269 e. The van der Waals surface area contributed by atoms with Crippen LogP contribution in [-0.2, 0) is 5.41 Å². The van der Waals surface area contributed by atoms with Crippen molar-refractivity contribution >= 4 is 22.9 Å². The van der Waals surface area contributed by atoms with E-state index in [-0.39, 0.29) is 5.41 Å². The third-order valence-corrected chi connectivity index (χ3v) is 5.96. The molecule has 4 aromatic rings. The molecule has 0 aliphatic carbocycles. The average molecular weight is 387 g/mol. The fourth-order valence-corrected chi connectivity index (χ4v) is 4.37. The molecule has 1 aliphatic heterocycles. The number of fused-ring (bicyclic) bond motifs is 2. The van der Waals surface area contributed by atoms with Crippen molar-refractivity contribution in [3.05, 3.63) is 114 Å². The van der Waals surface area contributed by atoms with Gasteiger partial charge in [-0.15, -0.1) is 4.98 Å². The van der Waals surface area contributed by atoms with Gasteiger partial charge in [-0.05, 0) is 47.0 Å². The second-order valence-electron chi connectivity index (χ2n) is 8.06. The Hall–Kier alpha value is -3.90. The van der Waals surface area contributed by atoms with Gasteiger partial charge in [0.05, 0.1) is 11.4 Å². The molecule has 3 heteroatoms. The van der Waals surface area contributed by atoms with Crippen LogP contribution in [0.15, 0.2) is 91.1 Å². The molecule has 0 saturated carbocycles. The van der Waals surface area contributed by atoms with Gasteiger partial charge in [0.2, 0.25) is 0 Å². The zero-order chi connectivity index (χ0) is 20.7. The van der Waals surface area contributed by atoms with Gasteiger partial charge in [-0.3, -0.25) is 0 Å². The van der Waals surface area contributed by atoms with E-state index in [1.807, 2.05) is 6.07 Å². The number of pyridine rings is 1. The van der Waals surface area contributed by atoms with Crippen LogP contribution in [0.4, 0.5) is 22.9 Å². The van der Waals surface area contributed by atoms with Gasteiger partial charge < -0.3 is 9.74 Å². The van der Waals surface area contributed by atoms with Crippen LogP contribution in [0.1, 0.15) is 25.0 Å². The molecule has 0 atom stereocenters. The molecule has 3 nitrogen and oxygen atoms in total. The maximum absolute atomic E-state index is 7.06. The molecule has 30 heavy (non-hydrogen) atoms. The largest absolute Gasteiger partial charge is 0.361 e. The number of rotatable bonds is 2. The van der Waals surface area contributed by atoms with E-state index < -0.39 is 0 Å². The highest BCUT2D eigenvalue weighted by molar-refractivity contribution is 5.86. The van der Waals surface area contributed by atoms with Crippen LogP contribution < -0.4 is 4.90 Å². The number of benzene rings is 3. The molecule has 0 bridgehead atoms. The molecule has 3 aromatic carbocycles. The second-order valence-corrected chi connectivity index (χ2v) is 8.06. The lowest BCUT2D eigenvalue weighted by atomic mass is 9.73. The number of para-hydroxylation sites is 2. The molecule has 0 saturated heterocycles. The molecule has 0 unspecified atom stereocenters. The topological polar surface area (TPSA) is 20.5 Å². The van der Waals surface area contributed by atoms with Gasteiger partial charge >= 0.3 is 0 Å². The number of nitrogens with zero attached hydrogens (tertiary/aromatic N) is 3. The summed E-state index contributed by atoms with van der Waals surface area (Å²) in [5, 5.41) is 0. The summed E-state index contributed by atoms with van der Waals surface area (Å²) >= 11 is 0. The van der Waals surface area contributed by atoms with Crippen LogP contribution in [0.3, 0.4) is 0 Å². The van der Waals surface area contributed by atoms with Crippen LogP contribution >= 0.6 is 0 Å². The van der Waals surface area contributed by atoms with Crippen LogP contribution in [-0.4, -0.2) is 4.98 Å². The zero-order valence-corrected chi connectivity index (χ0v) is 17.0. The lowest BCUT2D eigenvalue weighted by Crippen LogP contribution is -2.30. The Balaban J connectivity index is 1.61. The lowest BCUT2D eigenvalue weighted by Gasteiger charge is -2.42. The molecule has 144 valence electrons. The maximum Gasteiger partial charge on any atom is 0.269 e. The Labute approximate surface area is 177 Å². The summed E-state index contributed by atoms with van der Waals surface area (Å²) in [4.78, 5) is 9.91. The Morgan fingerprint density at radius 3 is 1.83 bits per heavy atom. The van der Waals surface area contributed by atoms with E-state index in [1.165, 1.54) is 22.5 Å². The molecule has 0 radical (unpaired) electrons. The number of hydrogen-bond acceptors (Lipinski definition) is 2. The van der Waals surface area contributed by atoms with Gasteiger partial charge in [-0.1, -0.05) is 75.0 Å². The van der Waals surface area contributed by atoms with Gasteiger partial charge in [0.1, 0.15) is 6.20 Å². The monoisotopic (exact) mass is 387 g/mol. The fourth-order valence-electron chi connectivity index (χ4n) is 4.37. The van der Waals surface area contributed by atoms with Crippen molar-refractivity contribution in [3.8, 4) is 11.1 Å². The second kappa shape index (κ2) is 6.86. The van der Waals surface area contributed by atoms with Crippen LogP contribution in [0.5, 0.6) is 0 Å². The SMILES string of the molecule is [C-]#[N+]c1ccc(-c2ccc(N3c4ccccc4C(C)(C)c4ccccc43)cc2)cn1. The highest BCUT2D eigenvalue weighted by Crippen LogP contribution is 2.51. The normalized spacial score (nSPS) is 13.8. The Morgan fingerprint density at radius 2 is 1.30 bits per heavy atom. The summed E-state index contributed by atoms with van der Waals surface area (Å²) in [6.45, 7) is 11.7. The molecule has 0 amide bonds. The van der Waals surface area contributed by atoms with Gasteiger partial charge in [0.15, 0.2) is 0 Å². The van der Waals surface area contributed by atoms with Crippen molar-refractivity contribution in [2.24, 2.45) is 0 Å². The summed E-state index contributed by atoms with van der Waals surface area (Å²) in [5.74, 6) is 0.416. The van der Waals surface area contributed by atoms with Crippen LogP contribution in [0.25, 0.3) is 16.0 Å². The van der Waals surface area contributed by atoms with Crippen LogP contribution in [0, 0.1) is 6.57 Å². The summed E-state index contributed by atoms with van der Waals surface area (Å²) in [7, 11) is 0. The average Bonchev–Trinajstić information content (AvgIpc) is 2.80. The van der Waals surface area contributed by atoms with Gasteiger partial charge in [0, 0.05) is 16.7 Å². The maximum atomic E-state index is 7.06. The number of anilines is 3. The van der Waals surface area contributed by atoms with Gasteiger partial charge in [0.25, 0.3) is 5.82 Å². The summed E-state index contributed by atoms with van der Waals surface area (Å²) in [6.07, 6.45) is 1.76. The minimum Gasteiger partial charge on any atom is -0.361 e. The first-order chi connectivity index (χ1) is 14.6. The van der Waals surface area contributed by atoms with Gasteiger partial charge in [-0.25, -0.2) is 0 Å². The molecule has 1 aromatic heterocycles. The first kappa shape index (κ1) is 18.1. The van der Waals surface area contributed by atoms with Crippen molar-refractivity contribution in [3.63, 3.8) is 0 Å². The highest BCUT2D eigenvalue weighted by atomic mass is 15.2. The van der Waals surface area contributed by atoms with E-state index in [4.69, 9.17) is 6.57 Å². The van der Waals surface area contributed by atoms with Crippen molar-refractivity contribution in [1.29, 1.82) is 0 Å². The van der Waals surface area contributed by atoms with E-state index in [0.29, 0.717) is 5.82 Å². The first-order valence-electron chi connectivity index (χ1n) is 10.0. The Kier molecular flexibility index (Phi) is 4.15. The molecule has 5 rings (SSSR count). The third-order valence-electron chi connectivity index (χ3n) is 5.96. The van der Waals surface area contributed by atoms with E-state index >= 15 is 0 Å². The Morgan fingerprint density at radius 1 is 0.733 bits per heavy atom. The number of aromatic nitrogens is 1. The third kappa shape index (κ3) is 2.77. The van der Waals surface area contributed by atoms with Crippen molar-refractivity contribution in [1.82, 2.24) is 4.98 Å². The fraction of sp³-hybridized carbons (Fsp3) is 0.111. The molecular formula is C27H21N3. The van der Waals surface area contributed by atoms with E-state index in [9.17, 15) is 0 Å². The van der Waals surface area contributed by atoms with Crippen molar-refractivity contribution in [2.75, 3.05) is 4.90 Å². The van der Waals surface area contributed by atoms with Gasteiger partial charge in [-0.2, -0.15) is 0 Å². The summed E-state index contributed by atoms with van der Waals surface area (Å²) in [6, 6.07) is 29.6. The van der Waals surface area contributed by atoms with E-state index in [1.54, 1.807) is 12.3 Å². The standard InChI is InChI=1S/C27H21N3/c1-27(2)22-8-4-6-10-24(22)30(25-11-7-5-9-23(25)27)21-15-12-19(13-16-21)20-14-17-26(28-3)29-18-20/h4-18H,1-2H3. The quantitative estimate of drug-likeness (QED) is 0.334. The zero-order valence-electron chi connectivity index (χ0n) is 17.0. The van der Waals surface area contributed by atoms with Crippen molar-refractivity contribution in [2.45, 2.75) is 19.3 Å². The minimum atomic E-state index is -0.0556. The van der Waals surface area contributed by atoms with E-state index in [2.05, 4.69) is 101 Å². The molecule has 2 heterocycles. The number of hydrogen-bond donors (Lipinski definition) is 0. The minimum absolute atomic E-state index is 0.0556. The molecule has 0 spiro atoms. The Bertz CT molecular complexity index is 1210. The molecule has 0 fully saturated rings. The van der Waals surface area contributed by atoms with Crippen LogP contribution in [0.2, 0.25) is 0 Å². The van der Waals surface area contributed by atoms with E-state index in [0.717, 1.165) is 16.8 Å². The molecule has 1 aliphatic rings. The predicted molar refractivity (Wildman–Crippen MR) is 123 cm³/mol. The predicted octanol–water partition coefficient (Wildman–Crippen LogP) is 7.41. The summed E-state index contributed by atoms with van der Waals surface area (Å²) < 4.78 is 0. The molecular weight excluding hydrogens is 366 g/mol.